The number of aliphatic hydroxyl groups is 1. The molecule has 0 bridgehead atoms. The lowest BCUT2D eigenvalue weighted by atomic mass is 9.85. The van der Waals surface area contributed by atoms with E-state index in [-0.39, 0.29) is 0 Å². The SMILES string of the molecule is CC1(C)Oc2ccc(C#N)cc2[C@@H](Nc2ccccc2Cc2ncc[nH]2)[C@@H]1O. The first kappa shape index (κ1) is 18.1. The molecule has 1 aliphatic heterocycles. The molecule has 0 radical (unpaired) electrons. The Morgan fingerprint density at radius 2 is 2.11 bits per heavy atom. The number of nitrogens with zero attached hydrogens (tertiary/aromatic N) is 2. The van der Waals surface area contributed by atoms with Gasteiger partial charge < -0.3 is 20.1 Å². The second kappa shape index (κ2) is 7.02. The molecule has 142 valence electrons. The van der Waals surface area contributed by atoms with Gasteiger partial charge in [-0.05, 0) is 43.7 Å². The molecule has 0 unspecified atom stereocenters. The van der Waals surface area contributed by atoms with Crippen molar-refractivity contribution in [3.8, 4) is 11.8 Å². The van der Waals surface area contributed by atoms with Gasteiger partial charge in [0.1, 0.15) is 23.3 Å². The summed E-state index contributed by atoms with van der Waals surface area (Å²) in [4.78, 5) is 7.43. The fourth-order valence-corrected chi connectivity index (χ4v) is 3.58. The maximum Gasteiger partial charge on any atom is 0.132 e. The molecule has 0 fully saturated rings. The summed E-state index contributed by atoms with van der Waals surface area (Å²) in [5.41, 5.74) is 2.51. The Morgan fingerprint density at radius 3 is 2.86 bits per heavy atom. The normalized spacial score (nSPS) is 19.9. The molecule has 28 heavy (non-hydrogen) atoms. The second-order valence-electron chi connectivity index (χ2n) is 7.51. The summed E-state index contributed by atoms with van der Waals surface area (Å²) in [6.07, 6.45) is 3.38. The molecule has 0 spiro atoms. The van der Waals surface area contributed by atoms with Gasteiger partial charge in [0.05, 0.1) is 17.7 Å². The molecule has 0 saturated carbocycles. The third-order valence-electron chi connectivity index (χ3n) is 5.12. The minimum absolute atomic E-state index is 0.412. The molecular formula is C22H22N4O2. The van der Waals surface area contributed by atoms with Crippen LogP contribution < -0.4 is 10.1 Å². The number of hydrogen-bond acceptors (Lipinski definition) is 5. The number of rotatable bonds is 4. The first-order valence-corrected chi connectivity index (χ1v) is 9.22. The van der Waals surface area contributed by atoms with Crippen molar-refractivity contribution in [3.63, 3.8) is 0 Å². The molecule has 6 nitrogen and oxygen atoms in total. The van der Waals surface area contributed by atoms with E-state index < -0.39 is 17.7 Å². The Morgan fingerprint density at radius 1 is 1.29 bits per heavy atom. The standard InChI is InChI=1S/C22H22N4O2/c1-22(2)21(27)20(16-11-14(13-23)7-8-18(16)28-22)26-17-6-4-3-5-15(17)12-19-24-9-10-25-19/h3-11,20-21,26-27H,12H2,1-2H3,(H,24,25)/t20-,21+/m1/s1. The van der Waals surface area contributed by atoms with Gasteiger partial charge in [0.2, 0.25) is 0 Å². The number of fused-ring (bicyclic) bond motifs is 1. The van der Waals surface area contributed by atoms with Gasteiger partial charge in [-0.25, -0.2) is 4.98 Å². The number of benzene rings is 2. The van der Waals surface area contributed by atoms with Gasteiger partial charge in [0, 0.05) is 30.1 Å². The third-order valence-corrected chi connectivity index (χ3v) is 5.12. The number of hydrogen-bond donors (Lipinski definition) is 3. The fraction of sp³-hybridized carbons (Fsp3) is 0.273. The van der Waals surface area contributed by atoms with Crippen molar-refractivity contribution in [2.75, 3.05) is 5.32 Å². The summed E-state index contributed by atoms with van der Waals surface area (Å²) in [5.74, 6) is 1.55. The molecule has 2 atom stereocenters. The zero-order valence-corrected chi connectivity index (χ0v) is 15.8. The number of anilines is 1. The summed E-state index contributed by atoms with van der Waals surface area (Å²) in [6, 6.07) is 15.0. The highest BCUT2D eigenvalue weighted by Crippen LogP contribution is 2.42. The topological polar surface area (TPSA) is 94.0 Å². The molecule has 3 aromatic rings. The first-order chi connectivity index (χ1) is 13.5. The number of nitriles is 1. The maximum atomic E-state index is 11.0. The molecule has 0 saturated heterocycles. The van der Waals surface area contributed by atoms with Gasteiger partial charge in [-0.1, -0.05) is 18.2 Å². The van der Waals surface area contributed by atoms with E-state index in [1.165, 1.54) is 0 Å². The van der Waals surface area contributed by atoms with E-state index in [2.05, 4.69) is 21.4 Å². The molecule has 4 rings (SSSR count). The van der Waals surface area contributed by atoms with Crippen LogP contribution in [0.25, 0.3) is 0 Å². The number of aromatic nitrogens is 2. The molecule has 0 aliphatic carbocycles. The van der Waals surface area contributed by atoms with Gasteiger partial charge in [0.15, 0.2) is 0 Å². The van der Waals surface area contributed by atoms with Crippen molar-refractivity contribution in [1.82, 2.24) is 9.97 Å². The molecule has 2 aromatic carbocycles. The Bertz CT molecular complexity index is 1020. The molecule has 1 aliphatic rings. The highest BCUT2D eigenvalue weighted by molar-refractivity contribution is 5.56. The average Bonchev–Trinajstić information content (AvgIpc) is 3.19. The van der Waals surface area contributed by atoms with Crippen LogP contribution in [-0.4, -0.2) is 26.8 Å². The molecule has 2 heterocycles. The smallest absolute Gasteiger partial charge is 0.132 e. The number of aromatic amines is 1. The van der Waals surface area contributed by atoms with Crippen molar-refractivity contribution >= 4 is 5.69 Å². The van der Waals surface area contributed by atoms with E-state index in [1.807, 2.05) is 38.1 Å². The van der Waals surface area contributed by atoms with Gasteiger partial charge in [-0.3, -0.25) is 0 Å². The lowest BCUT2D eigenvalue weighted by Gasteiger charge is -2.43. The Hall–Kier alpha value is -3.30. The minimum Gasteiger partial charge on any atom is -0.485 e. The Labute approximate surface area is 163 Å². The maximum absolute atomic E-state index is 11.0. The third kappa shape index (κ3) is 3.32. The quantitative estimate of drug-likeness (QED) is 0.649. The number of nitrogens with one attached hydrogen (secondary N) is 2. The number of para-hydroxylation sites is 1. The van der Waals surface area contributed by atoms with E-state index in [1.54, 1.807) is 30.6 Å². The molecular weight excluding hydrogens is 352 g/mol. The number of aliphatic hydroxyl groups excluding tert-OH is 1. The number of H-pyrrole nitrogens is 1. The van der Waals surface area contributed by atoms with E-state index in [9.17, 15) is 10.4 Å². The monoisotopic (exact) mass is 374 g/mol. The minimum atomic E-state index is -0.800. The van der Waals surface area contributed by atoms with Crippen molar-refractivity contribution < 1.29 is 9.84 Å². The Balaban J connectivity index is 1.72. The van der Waals surface area contributed by atoms with Gasteiger partial charge in [0.25, 0.3) is 0 Å². The van der Waals surface area contributed by atoms with Gasteiger partial charge >= 0.3 is 0 Å². The lowest BCUT2D eigenvalue weighted by molar-refractivity contribution is -0.0532. The molecule has 1 aromatic heterocycles. The number of imidazole rings is 1. The van der Waals surface area contributed by atoms with Crippen LogP contribution in [0.4, 0.5) is 5.69 Å². The van der Waals surface area contributed by atoms with Crippen LogP contribution in [0.3, 0.4) is 0 Å². The average molecular weight is 374 g/mol. The summed E-state index contributed by atoms with van der Waals surface area (Å²) in [7, 11) is 0. The van der Waals surface area contributed by atoms with E-state index in [0.29, 0.717) is 17.7 Å². The summed E-state index contributed by atoms with van der Waals surface area (Å²) < 4.78 is 6.00. The summed E-state index contributed by atoms with van der Waals surface area (Å²) in [5, 5.41) is 23.8. The van der Waals surface area contributed by atoms with Crippen molar-refractivity contribution in [3.05, 3.63) is 77.4 Å². The van der Waals surface area contributed by atoms with Crippen molar-refractivity contribution in [2.24, 2.45) is 0 Å². The van der Waals surface area contributed by atoms with Crippen LogP contribution in [0, 0.1) is 11.3 Å². The lowest BCUT2D eigenvalue weighted by Crippen LogP contribution is -2.50. The first-order valence-electron chi connectivity index (χ1n) is 9.22. The van der Waals surface area contributed by atoms with Crippen LogP contribution in [0.15, 0.2) is 54.9 Å². The van der Waals surface area contributed by atoms with Crippen LogP contribution >= 0.6 is 0 Å². The van der Waals surface area contributed by atoms with E-state index >= 15 is 0 Å². The largest absolute Gasteiger partial charge is 0.485 e. The summed E-state index contributed by atoms with van der Waals surface area (Å²) in [6.45, 7) is 3.73. The van der Waals surface area contributed by atoms with Gasteiger partial charge in [-0.15, -0.1) is 0 Å². The van der Waals surface area contributed by atoms with Crippen molar-refractivity contribution in [2.45, 2.75) is 38.0 Å². The molecule has 6 heteroatoms. The molecule has 3 N–H and O–H groups in total. The summed E-state index contributed by atoms with van der Waals surface area (Å²) >= 11 is 0. The molecule has 0 amide bonds. The Kier molecular flexibility index (Phi) is 4.54. The van der Waals surface area contributed by atoms with Gasteiger partial charge in [-0.2, -0.15) is 5.26 Å². The van der Waals surface area contributed by atoms with Crippen LogP contribution in [0.1, 0.15) is 42.4 Å². The highest BCUT2D eigenvalue weighted by atomic mass is 16.5. The van der Waals surface area contributed by atoms with E-state index in [4.69, 9.17) is 4.74 Å². The second-order valence-corrected chi connectivity index (χ2v) is 7.51. The number of ether oxygens (including phenoxy) is 1. The fourth-order valence-electron chi connectivity index (χ4n) is 3.58. The van der Waals surface area contributed by atoms with Crippen molar-refractivity contribution in [1.29, 1.82) is 5.26 Å². The zero-order chi connectivity index (χ0) is 19.7. The predicted molar refractivity (Wildman–Crippen MR) is 106 cm³/mol. The van der Waals surface area contributed by atoms with E-state index in [0.717, 1.165) is 22.6 Å². The zero-order valence-electron chi connectivity index (χ0n) is 15.8. The van der Waals surface area contributed by atoms with Crippen LogP contribution in [0.5, 0.6) is 5.75 Å². The predicted octanol–water partition coefficient (Wildman–Crippen LogP) is 3.56. The van der Waals surface area contributed by atoms with Crippen LogP contribution in [0.2, 0.25) is 0 Å². The highest BCUT2D eigenvalue weighted by Gasteiger charge is 2.43. The van der Waals surface area contributed by atoms with Crippen LogP contribution in [-0.2, 0) is 6.42 Å².